The van der Waals surface area contributed by atoms with Gasteiger partial charge in [0, 0.05) is 0 Å². The third-order valence-corrected chi connectivity index (χ3v) is 4.47. The number of hydrogen-bond donors (Lipinski definition) is 1. The summed E-state index contributed by atoms with van der Waals surface area (Å²) in [4.78, 5) is 12.1. The average Bonchev–Trinajstić information content (AvgIpc) is 3.09. The first kappa shape index (κ1) is 17.2. The molecule has 0 spiro atoms. The van der Waals surface area contributed by atoms with E-state index >= 15 is 0 Å². The molecule has 6 heteroatoms. The molecule has 1 amide bonds. The van der Waals surface area contributed by atoms with Gasteiger partial charge in [-0.05, 0) is 18.1 Å². The van der Waals surface area contributed by atoms with Gasteiger partial charge in [0.25, 0.3) is 5.22 Å². The highest BCUT2D eigenvalue weighted by Gasteiger charge is 2.12. The number of amides is 1. The number of carbonyl (C=O) groups is 1. The lowest BCUT2D eigenvalue weighted by Gasteiger charge is -2.13. The molecule has 2 aromatic carbocycles. The number of rotatable bonds is 7. The Morgan fingerprint density at radius 3 is 2.48 bits per heavy atom. The van der Waals surface area contributed by atoms with Crippen LogP contribution in [0.2, 0.25) is 0 Å². The quantitative estimate of drug-likeness (QED) is 0.657. The zero-order valence-corrected chi connectivity index (χ0v) is 14.7. The van der Waals surface area contributed by atoms with E-state index in [1.54, 1.807) is 0 Å². The van der Waals surface area contributed by atoms with Gasteiger partial charge in [0.2, 0.25) is 11.8 Å². The van der Waals surface area contributed by atoms with E-state index in [0.717, 1.165) is 11.1 Å². The molecule has 1 N–H and O–H groups in total. The van der Waals surface area contributed by atoms with Gasteiger partial charge < -0.3 is 9.73 Å². The van der Waals surface area contributed by atoms with Gasteiger partial charge in [0.15, 0.2) is 0 Å². The largest absolute Gasteiger partial charge is 0.416 e. The van der Waals surface area contributed by atoms with E-state index in [9.17, 15) is 4.79 Å². The van der Waals surface area contributed by atoms with Crippen LogP contribution < -0.4 is 5.32 Å². The van der Waals surface area contributed by atoms with Gasteiger partial charge in [-0.15, -0.1) is 10.2 Å². The molecule has 0 radical (unpaired) electrons. The minimum atomic E-state index is -0.0656. The van der Waals surface area contributed by atoms with Crippen molar-refractivity contribution < 1.29 is 9.21 Å². The number of nitrogens with zero attached hydrogens (tertiary/aromatic N) is 2. The van der Waals surface area contributed by atoms with Crippen LogP contribution in [0.3, 0.4) is 0 Å². The third kappa shape index (κ3) is 5.19. The molecule has 5 nitrogen and oxygen atoms in total. The first-order valence-corrected chi connectivity index (χ1v) is 9.02. The number of benzene rings is 2. The van der Waals surface area contributed by atoms with Crippen LogP contribution >= 0.6 is 11.8 Å². The van der Waals surface area contributed by atoms with Crippen molar-refractivity contribution in [2.75, 3.05) is 5.75 Å². The first-order valence-electron chi connectivity index (χ1n) is 8.04. The number of hydrogen-bond acceptors (Lipinski definition) is 5. The normalized spacial score (nSPS) is 11.9. The fourth-order valence-electron chi connectivity index (χ4n) is 2.37. The molecule has 0 aliphatic carbocycles. The zero-order chi connectivity index (χ0) is 17.5. The Bertz CT molecular complexity index is 806. The molecule has 25 heavy (non-hydrogen) atoms. The van der Waals surface area contributed by atoms with Crippen LogP contribution in [-0.4, -0.2) is 21.9 Å². The molecular weight excluding hydrogens is 334 g/mol. The molecule has 0 bridgehead atoms. The summed E-state index contributed by atoms with van der Waals surface area (Å²) in [7, 11) is 0. The van der Waals surface area contributed by atoms with E-state index < -0.39 is 0 Å². The van der Waals surface area contributed by atoms with E-state index in [2.05, 4.69) is 15.5 Å². The highest BCUT2D eigenvalue weighted by molar-refractivity contribution is 7.99. The monoisotopic (exact) mass is 353 g/mol. The van der Waals surface area contributed by atoms with Gasteiger partial charge in [0.05, 0.1) is 18.2 Å². The first-order chi connectivity index (χ1) is 12.2. The summed E-state index contributed by atoms with van der Waals surface area (Å²) in [5.74, 6) is 0.723. The molecule has 128 valence electrons. The maximum absolute atomic E-state index is 12.1. The second kappa shape index (κ2) is 8.48. The molecule has 0 unspecified atom stereocenters. The number of aromatic nitrogens is 2. The lowest BCUT2D eigenvalue weighted by Crippen LogP contribution is -2.28. The zero-order valence-electron chi connectivity index (χ0n) is 13.9. The lowest BCUT2D eigenvalue weighted by atomic mass is 10.1. The molecule has 0 aliphatic heterocycles. The summed E-state index contributed by atoms with van der Waals surface area (Å²) in [6, 6.07) is 19.7. The van der Waals surface area contributed by atoms with Gasteiger partial charge in [0.1, 0.15) is 0 Å². The topological polar surface area (TPSA) is 68.0 Å². The summed E-state index contributed by atoms with van der Waals surface area (Å²) >= 11 is 1.24. The molecule has 0 saturated heterocycles. The van der Waals surface area contributed by atoms with Crippen LogP contribution in [0.15, 0.2) is 70.3 Å². The fraction of sp³-hybridized carbons (Fsp3) is 0.211. The van der Waals surface area contributed by atoms with Gasteiger partial charge in [-0.2, -0.15) is 0 Å². The van der Waals surface area contributed by atoms with Crippen molar-refractivity contribution in [2.24, 2.45) is 0 Å². The molecule has 0 saturated carbocycles. The second-order valence-corrected chi connectivity index (χ2v) is 6.54. The van der Waals surface area contributed by atoms with E-state index in [0.29, 0.717) is 17.5 Å². The third-order valence-electron chi connectivity index (χ3n) is 3.65. The van der Waals surface area contributed by atoms with Crippen molar-refractivity contribution in [3.8, 4) is 0 Å². The predicted octanol–water partition coefficient (Wildman–Crippen LogP) is 3.63. The van der Waals surface area contributed by atoms with Crippen molar-refractivity contribution in [1.29, 1.82) is 0 Å². The van der Waals surface area contributed by atoms with E-state index in [1.807, 2.05) is 67.6 Å². The minimum absolute atomic E-state index is 0.0365. The smallest absolute Gasteiger partial charge is 0.277 e. The Morgan fingerprint density at radius 1 is 1.08 bits per heavy atom. The van der Waals surface area contributed by atoms with Crippen LogP contribution in [0, 0.1) is 0 Å². The van der Waals surface area contributed by atoms with Crippen molar-refractivity contribution in [2.45, 2.75) is 24.6 Å². The summed E-state index contributed by atoms with van der Waals surface area (Å²) in [5.41, 5.74) is 2.18. The Morgan fingerprint density at radius 2 is 1.76 bits per heavy atom. The fourth-order valence-corrected chi connectivity index (χ4v) is 2.97. The van der Waals surface area contributed by atoms with Crippen molar-refractivity contribution in [3.63, 3.8) is 0 Å². The standard InChI is InChI=1S/C19H19N3O2S/c1-14(16-10-6-3-7-11-16)20-17(23)13-25-19-22-21-18(24-19)12-15-8-4-2-5-9-15/h2-11,14H,12-13H2,1H3,(H,20,23)/t14-/m1/s1. The summed E-state index contributed by atoms with van der Waals surface area (Å²) in [6.45, 7) is 1.96. The van der Waals surface area contributed by atoms with E-state index in [4.69, 9.17) is 4.42 Å². The summed E-state index contributed by atoms with van der Waals surface area (Å²) < 4.78 is 5.59. The van der Waals surface area contributed by atoms with Crippen LogP contribution in [0.1, 0.15) is 30.0 Å². The number of thioether (sulfide) groups is 1. The SMILES string of the molecule is C[C@@H](NC(=O)CSc1nnc(Cc2ccccc2)o1)c1ccccc1. The van der Waals surface area contributed by atoms with E-state index in [1.165, 1.54) is 11.8 Å². The maximum Gasteiger partial charge on any atom is 0.277 e. The molecule has 3 aromatic rings. The molecular formula is C19H19N3O2S. The summed E-state index contributed by atoms with van der Waals surface area (Å²) in [6.07, 6.45) is 0.589. The highest BCUT2D eigenvalue weighted by atomic mass is 32.2. The summed E-state index contributed by atoms with van der Waals surface area (Å²) in [5, 5.41) is 11.4. The minimum Gasteiger partial charge on any atom is -0.416 e. The molecule has 0 aliphatic rings. The van der Waals surface area contributed by atoms with Gasteiger partial charge in [-0.3, -0.25) is 4.79 Å². The van der Waals surface area contributed by atoms with Crippen LogP contribution in [0.5, 0.6) is 0 Å². The average molecular weight is 353 g/mol. The highest BCUT2D eigenvalue weighted by Crippen LogP contribution is 2.18. The Labute approximate surface area is 150 Å². The van der Waals surface area contributed by atoms with E-state index in [-0.39, 0.29) is 17.7 Å². The molecule has 3 rings (SSSR count). The lowest BCUT2D eigenvalue weighted by molar-refractivity contribution is -0.119. The van der Waals surface area contributed by atoms with Gasteiger partial charge >= 0.3 is 0 Å². The van der Waals surface area contributed by atoms with Crippen molar-refractivity contribution in [3.05, 3.63) is 77.7 Å². The number of nitrogens with one attached hydrogen (secondary N) is 1. The second-order valence-electron chi connectivity index (χ2n) is 5.61. The molecule has 0 fully saturated rings. The predicted molar refractivity (Wildman–Crippen MR) is 97.3 cm³/mol. The Kier molecular flexibility index (Phi) is 5.85. The van der Waals surface area contributed by atoms with Gasteiger partial charge in [-0.1, -0.05) is 72.4 Å². The van der Waals surface area contributed by atoms with Crippen LogP contribution in [0.4, 0.5) is 0 Å². The Hall–Kier alpha value is -2.60. The van der Waals surface area contributed by atoms with Crippen molar-refractivity contribution in [1.82, 2.24) is 15.5 Å². The van der Waals surface area contributed by atoms with Crippen LogP contribution in [-0.2, 0) is 11.2 Å². The Balaban J connectivity index is 1.48. The molecule has 1 heterocycles. The van der Waals surface area contributed by atoms with Crippen LogP contribution in [0.25, 0.3) is 0 Å². The van der Waals surface area contributed by atoms with Crippen molar-refractivity contribution >= 4 is 17.7 Å². The molecule has 1 aromatic heterocycles. The van der Waals surface area contributed by atoms with Gasteiger partial charge in [-0.25, -0.2) is 0 Å². The molecule has 1 atom stereocenters. The number of carbonyl (C=O) groups excluding carboxylic acids is 1. The maximum atomic E-state index is 12.1.